The maximum Gasteiger partial charge on any atom is 0.0465 e. The third-order valence-electron chi connectivity index (χ3n) is 2.98. The number of benzene rings is 1. The van der Waals surface area contributed by atoms with Crippen LogP contribution in [0.15, 0.2) is 30.3 Å². The molecule has 0 aromatic heterocycles. The van der Waals surface area contributed by atoms with Crippen molar-refractivity contribution in [3.63, 3.8) is 0 Å². The highest BCUT2D eigenvalue weighted by Crippen LogP contribution is 2.13. The van der Waals surface area contributed by atoms with Crippen molar-refractivity contribution in [2.24, 2.45) is 11.8 Å². The molecule has 0 bridgehead atoms. The first kappa shape index (κ1) is 13.2. The quantitative estimate of drug-likeness (QED) is 0.545. The van der Waals surface area contributed by atoms with Gasteiger partial charge in [-0.3, -0.25) is 11.3 Å². The Balaban J connectivity index is 2.48. The van der Waals surface area contributed by atoms with Gasteiger partial charge < -0.3 is 4.74 Å². The van der Waals surface area contributed by atoms with Gasteiger partial charge in [0.15, 0.2) is 0 Å². The van der Waals surface area contributed by atoms with Crippen LogP contribution in [0.1, 0.15) is 18.9 Å². The van der Waals surface area contributed by atoms with E-state index in [9.17, 15) is 0 Å². The number of hydrazine groups is 1. The Morgan fingerprint density at radius 2 is 2.00 bits per heavy atom. The lowest BCUT2D eigenvalue weighted by Crippen LogP contribution is -2.41. The average molecular weight is 222 g/mol. The van der Waals surface area contributed by atoms with Crippen molar-refractivity contribution in [3.05, 3.63) is 35.9 Å². The van der Waals surface area contributed by atoms with Crippen molar-refractivity contribution < 1.29 is 4.74 Å². The zero-order chi connectivity index (χ0) is 11.8. The number of rotatable bonds is 7. The summed E-state index contributed by atoms with van der Waals surface area (Å²) < 4.78 is 5.09. The van der Waals surface area contributed by atoms with E-state index in [4.69, 9.17) is 10.6 Å². The zero-order valence-electron chi connectivity index (χ0n) is 10.1. The van der Waals surface area contributed by atoms with Crippen LogP contribution in [0, 0.1) is 5.92 Å². The highest BCUT2D eigenvalue weighted by atomic mass is 16.5. The van der Waals surface area contributed by atoms with Crippen LogP contribution >= 0.6 is 0 Å². The molecule has 0 amide bonds. The summed E-state index contributed by atoms with van der Waals surface area (Å²) in [4.78, 5) is 0. The molecule has 0 radical (unpaired) electrons. The number of methoxy groups -OCH3 is 1. The first-order valence-electron chi connectivity index (χ1n) is 5.77. The maximum atomic E-state index is 5.60. The molecule has 0 aliphatic heterocycles. The van der Waals surface area contributed by atoms with Gasteiger partial charge in [0.2, 0.25) is 0 Å². The molecule has 0 saturated heterocycles. The first-order valence-corrected chi connectivity index (χ1v) is 5.77. The fourth-order valence-electron chi connectivity index (χ4n) is 1.80. The predicted octanol–water partition coefficient (Wildman–Crippen LogP) is 1.73. The van der Waals surface area contributed by atoms with Gasteiger partial charge in [0.1, 0.15) is 0 Å². The molecule has 2 unspecified atom stereocenters. The molecule has 3 nitrogen and oxygen atoms in total. The van der Waals surface area contributed by atoms with Crippen LogP contribution in [0.3, 0.4) is 0 Å². The number of nitrogens with one attached hydrogen (secondary N) is 1. The van der Waals surface area contributed by atoms with Crippen LogP contribution in [0.25, 0.3) is 0 Å². The molecule has 1 aromatic carbocycles. The van der Waals surface area contributed by atoms with Crippen molar-refractivity contribution in [3.8, 4) is 0 Å². The number of nitrogens with two attached hydrogens (primary N) is 1. The van der Waals surface area contributed by atoms with Crippen molar-refractivity contribution in [2.45, 2.75) is 25.8 Å². The summed E-state index contributed by atoms with van der Waals surface area (Å²) >= 11 is 0. The summed E-state index contributed by atoms with van der Waals surface area (Å²) in [7, 11) is 1.73. The molecular formula is C13H22N2O. The van der Waals surface area contributed by atoms with Crippen LogP contribution in [0.2, 0.25) is 0 Å². The van der Waals surface area contributed by atoms with Crippen molar-refractivity contribution in [1.82, 2.24) is 5.43 Å². The average Bonchev–Trinajstić information content (AvgIpc) is 2.34. The summed E-state index contributed by atoms with van der Waals surface area (Å²) in [6.45, 7) is 2.99. The molecule has 16 heavy (non-hydrogen) atoms. The Kier molecular flexibility index (Phi) is 6.08. The van der Waals surface area contributed by atoms with Gasteiger partial charge in [-0.05, 0) is 24.3 Å². The minimum Gasteiger partial charge on any atom is -0.385 e. The van der Waals surface area contributed by atoms with E-state index in [2.05, 4.69) is 36.6 Å². The molecule has 0 aliphatic carbocycles. The third kappa shape index (κ3) is 4.31. The van der Waals surface area contributed by atoms with Crippen LogP contribution in [-0.2, 0) is 11.2 Å². The van der Waals surface area contributed by atoms with E-state index in [1.165, 1.54) is 5.56 Å². The molecule has 1 aromatic rings. The van der Waals surface area contributed by atoms with Crippen molar-refractivity contribution in [2.75, 3.05) is 13.7 Å². The lowest BCUT2D eigenvalue weighted by atomic mass is 9.93. The Bertz CT molecular complexity index is 277. The molecule has 0 saturated carbocycles. The monoisotopic (exact) mass is 222 g/mol. The number of hydrogen-bond donors (Lipinski definition) is 2. The largest absolute Gasteiger partial charge is 0.385 e. The second-order valence-electron chi connectivity index (χ2n) is 4.22. The fraction of sp³-hybridized carbons (Fsp3) is 0.538. The summed E-state index contributed by atoms with van der Waals surface area (Å²) in [5.74, 6) is 6.11. The second kappa shape index (κ2) is 7.39. The molecule has 0 aliphatic rings. The van der Waals surface area contributed by atoms with E-state index in [0.29, 0.717) is 12.0 Å². The predicted molar refractivity (Wildman–Crippen MR) is 66.9 cm³/mol. The SMILES string of the molecule is COCCC(C)C(Cc1ccccc1)NN. The highest BCUT2D eigenvalue weighted by Gasteiger charge is 2.15. The van der Waals surface area contributed by atoms with E-state index < -0.39 is 0 Å². The molecule has 0 heterocycles. The van der Waals surface area contributed by atoms with Gasteiger partial charge >= 0.3 is 0 Å². The lowest BCUT2D eigenvalue weighted by Gasteiger charge is -2.23. The topological polar surface area (TPSA) is 47.3 Å². The highest BCUT2D eigenvalue weighted by molar-refractivity contribution is 5.16. The molecule has 3 heteroatoms. The molecule has 3 N–H and O–H groups in total. The Morgan fingerprint density at radius 1 is 1.31 bits per heavy atom. The smallest absolute Gasteiger partial charge is 0.0465 e. The molecule has 1 rings (SSSR count). The summed E-state index contributed by atoms with van der Waals surface area (Å²) in [6, 6.07) is 10.7. The third-order valence-corrected chi connectivity index (χ3v) is 2.98. The minimum absolute atomic E-state index is 0.303. The van der Waals surface area contributed by atoms with E-state index in [1.54, 1.807) is 7.11 Å². The van der Waals surface area contributed by atoms with Gasteiger partial charge in [-0.2, -0.15) is 0 Å². The first-order chi connectivity index (χ1) is 7.77. The number of hydrogen-bond acceptors (Lipinski definition) is 3. The molecule has 2 atom stereocenters. The molecule has 0 fully saturated rings. The standard InChI is InChI=1S/C13H22N2O/c1-11(8-9-16-2)13(15-14)10-12-6-4-3-5-7-12/h3-7,11,13,15H,8-10,14H2,1-2H3. The number of ether oxygens (including phenoxy) is 1. The molecule has 90 valence electrons. The molecule has 0 spiro atoms. The van der Waals surface area contributed by atoms with Gasteiger partial charge in [-0.25, -0.2) is 0 Å². The van der Waals surface area contributed by atoms with Crippen LogP contribution in [0.4, 0.5) is 0 Å². The summed E-state index contributed by atoms with van der Waals surface area (Å²) in [6.07, 6.45) is 1.99. The van der Waals surface area contributed by atoms with E-state index in [0.717, 1.165) is 19.4 Å². The van der Waals surface area contributed by atoms with Crippen LogP contribution < -0.4 is 11.3 Å². The van der Waals surface area contributed by atoms with Gasteiger partial charge in [0.05, 0.1) is 0 Å². The Labute approximate surface area is 98.0 Å². The van der Waals surface area contributed by atoms with E-state index in [1.807, 2.05) is 6.07 Å². The summed E-state index contributed by atoms with van der Waals surface area (Å²) in [5.41, 5.74) is 4.22. The summed E-state index contributed by atoms with van der Waals surface area (Å²) in [5, 5.41) is 0. The normalized spacial score (nSPS) is 14.7. The van der Waals surface area contributed by atoms with Crippen molar-refractivity contribution in [1.29, 1.82) is 0 Å². The Morgan fingerprint density at radius 3 is 2.56 bits per heavy atom. The van der Waals surface area contributed by atoms with E-state index >= 15 is 0 Å². The van der Waals surface area contributed by atoms with Crippen LogP contribution in [0.5, 0.6) is 0 Å². The van der Waals surface area contributed by atoms with Crippen molar-refractivity contribution >= 4 is 0 Å². The van der Waals surface area contributed by atoms with Gasteiger partial charge in [-0.15, -0.1) is 0 Å². The maximum absolute atomic E-state index is 5.60. The fourth-order valence-corrected chi connectivity index (χ4v) is 1.80. The zero-order valence-corrected chi connectivity index (χ0v) is 10.1. The molecular weight excluding hydrogens is 200 g/mol. The van der Waals surface area contributed by atoms with Gasteiger partial charge in [0, 0.05) is 19.8 Å². The van der Waals surface area contributed by atoms with Gasteiger partial charge in [0.25, 0.3) is 0 Å². The lowest BCUT2D eigenvalue weighted by molar-refractivity contribution is 0.170. The minimum atomic E-state index is 0.303. The Hall–Kier alpha value is -0.900. The van der Waals surface area contributed by atoms with Gasteiger partial charge in [-0.1, -0.05) is 37.3 Å². The van der Waals surface area contributed by atoms with E-state index in [-0.39, 0.29) is 0 Å². The van der Waals surface area contributed by atoms with Crippen LogP contribution in [-0.4, -0.2) is 19.8 Å². The second-order valence-corrected chi connectivity index (χ2v) is 4.22.